The van der Waals surface area contributed by atoms with Crippen molar-refractivity contribution in [3.05, 3.63) is 65.4 Å². The van der Waals surface area contributed by atoms with Gasteiger partial charge in [-0.05, 0) is 91.6 Å². The molecule has 282 valence electrons. The zero-order chi connectivity index (χ0) is 37.2. The molecule has 3 fully saturated rings. The standard InChI is InChI=1S/C42H49N7O5/c1-21(2)35(48-42(51)53-5)41(50)49-22(3)6-13-33(49)40-44-31-12-10-25-16-30-28-11-9-26(15-27(28)20-54-34(30)17-29(25)38(31)47-40)37-36(24-7-8-24)45-39(46-37)32-14-23(18-43-32)19-52-4/h9-12,15-17,21-24,32-33,35,43H,6-8,13-14,18-20H2,1-5H3,(H,44,47)(H,45,46)(H,48,51)/t22-,23-,32-,33-,35-/m0/s1. The number of benzene rings is 3. The number of carbonyl (C=O) groups excluding carboxylic acids is 2. The Morgan fingerprint density at radius 3 is 2.63 bits per heavy atom. The highest BCUT2D eigenvalue weighted by atomic mass is 16.5. The Labute approximate surface area is 314 Å². The van der Waals surface area contributed by atoms with Crippen LogP contribution in [0.5, 0.6) is 5.75 Å². The number of aromatic amines is 2. The molecule has 1 saturated carbocycles. The molecule has 0 spiro atoms. The van der Waals surface area contributed by atoms with Crippen molar-refractivity contribution in [1.29, 1.82) is 0 Å². The molecule has 12 heteroatoms. The number of aromatic nitrogens is 4. The van der Waals surface area contributed by atoms with Crippen molar-refractivity contribution in [1.82, 2.24) is 35.5 Å². The van der Waals surface area contributed by atoms with E-state index in [1.807, 2.05) is 24.8 Å². The van der Waals surface area contributed by atoms with Crippen molar-refractivity contribution >= 4 is 33.8 Å². The van der Waals surface area contributed by atoms with Gasteiger partial charge in [-0.2, -0.15) is 0 Å². The van der Waals surface area contributed by atoms with E-state index in [9.17, 15) is 9.59 Å². The molecule has 0 bridgehead atoms. The summed E-state index contributed by atoms with van der Waals surface area (Å²) < 4.78 is 16.7. The molecule has 0 unspecified atom stereocenters. The molecule has 5 atom stereocenters. The van der Waals surface area contributed by atoms with Gasteiger partial charge < -0.3 is 39.7 Å². The maximum atomic E-state index is 13.9. The highest BCUT2D eigenvalue weighted by molar-refractivity contribution is 6.07. The SMILES string of the molecule is COC[C@@H]1CN[C@H](c2nc(C3CC3)c(-c3ccc4c(c3)COc3cc5c(ccc6nc([C@@H]7CC[C@H](C)N7C(=O)[C@@H](NC(=O)OC)C(C)C)[nH]c65)cc3-4)[nH]2)C1. The number of ether oxygens (including phenoxy) is 3. The van der Waals surface area contributed by atoms with E-state index in [0.717, 1.165) is 94.0 Å². The maximum Gasteiger partial charge on any atom is 0.407 e. The summed E-state index contributed by atoms with van der Waals surface area (Å²) in [5.74, 6) is 3.39. The first-order chi connectivity index (χ1) is 26.2. The smallest absolute Gasteiger partial charge is 0.407 e. The molecule has 3 aliphatic heterocycles. The van der Waals surface area contributed by atoms with Gasteiger partial charge in [0.2, 0.25) is 5.91 Å². The lowest BCUT2D eigenvalue weighted by Gasteiger charge is -2.32. The van der Waals surface area contributed by atoms with Crippen LogP contribution >= 0.6 is 0 Å². The highest BCUT2D eigenvalue weighted by Gasteiger charge is 2.41. The van der Waals surface area contributed by atoms with Crippen molar-refractivity contribution in [2.24, 2.45) is 11.8 Å². The Kier molecular flexibility index (Phi) is 8.85. The number of amides is 2. The third-order valence-electron chi connectivity index (χ3n) is 12.0. The number of nitrogens with zero attached hydrogens (tertiary/aromatic N) is 3. The van der Waals surface area contributed by atoms with E-state index in [0.29, 0.717) is 18.4 Å². The first kappa shape index (κ1) is 34.8. The van der Waals surface area contributed by atoms with Crippen LogP contribution in [0.25, 0.3) is 44.2 Å². The molecule has 5 aromatic rings. The molecule has 0 radical (unpaired) electrons. The monoisotopic (exact) mass is 731 g/mol. The Hall–Kier alpha value is -4.94. The highest BCUT2D eigenvalue weighted by Crippen LogP contribution is 2.47. The predicted octanol–water partition coefficient (Wildman–Crippen LogP) is 7.27. The molecule has 1 aliphatic carbocycles. The lowest BCUT2D eigenvalue weighted by atomic mass is 9.92. The number of H-pyrrole nitrogens is 2. The minimum absolute atomic E-state index is 0.00270. The van der Waals surface area contributed by atoms with Crippen LogP contribution in [0.1, 0.15) is 93.8 Å². The van der Waals surface area contributed by atoms with Crippen LogP contribution in [-0.4, -0.2) is 76.3 Å². The Morgan fingerprint density at radius 2 is 1.85 bits per heavy atom. The molecular formula is C42H49N7O5. The molecular weight excluding hydrogens is 683 g/mol. The van der Waals surface area contributed by atoms with E-state index in [4.69, 9.17) is 24.2 Å². The number of methoxy groups -OCH3 is 2. The minimum atomic E-state index is -0.700. The lowest BCUT2D eigenvalue weighted by molar-refractivity contribution is -0.137. The lowest BCUT2D eigenvalue weighted by Crippen LogP contribution is -2.52. The molecule has 3 aromatic carbocycles. The van der Waals surface area contributed by atoms with E-state index in [1.165, 1.54) is 31.2 Å². The summed E-state index contributed by atoms with van der Waals surface area (Å²) in [5, 5.41) is 8.51. The number of imidazole rings is 2. The zero-order valence-electron chi connectivity index (χ0n) is 31.6. The molecule has 5 heterocycles. The van der Waals surface area contributed by atoms with Gasteiger partial charge in [-0.1, -0.05) is 32.0 Å². The van der Waals surface area contributed by atoms with E-state index in [1.54, 1.807) is 7.11 Å². The van der Waals surface area contributed by atoms with Crippen molar-refractivity contribution in [2.45, 2.75) is 89.6 Å². The van der Waals surface area contributed by atoms with Crippen LogP contribution in [0.4, 0.5) is 4.79 Å². The van der Waals surface area contributed by atoms with Gasteiger partial charge >= 0.3 is 6.09 Å². The Bertz CT molecular complexity index is 2260. The number of likely N-dealkylation sites (tertiary alicyclic amines) is 1. The second-order valence-electron chi connectivity index (χ2n) is 16.0. The van der Waals surface area contributed by atoms with Crippen molar-refractivity contribution in [3.63, 3.8) is 0 Å². The molecule has 2 amide bonds. The van der Waals surface area contributed by atoms with Crippen LogP contribution in [0.3, 0.4) is 0 Å². The zero-order valence-corrected chi connectivity index (χ0v) is 31.6. The van der Waals surface area contributed by atoms with Crippen LogP contribution < -0.4 is 15.4 Å². The van der Waals surface area contributed by atoms with E-state index in [-0.39, 0.29) is 30.0 Å². The fourth-order valence-corrected chi connectivity index (χ4v) is 8.93. The van der Waals surface area contributed by atoms with Gasteiger partial charge in [0.05, 0.1) is 48.2 Å². The second-order valence-corrected chi connectivity index (χ2v) is 16.0. The molecule has 12 nitrogen and oxygen atoms in total. The second kappa shape index (κ2) is 13.7. The van der Waals surface area contributed by atoms with Gasteiger partial charge in [0.15, 0.2) is 0 Å². The van der Waals surface area contributed by atoms with Gasteiger partial charge in [-0.3, -0.25) is 4.79 Å². The number of fused-ring (bicyclic) bond motifs is 6. The summed E-state index contributed by atoms with van der Waals surface area (Å²) in [5.41, 5.74) is 8.62. The van der Waals surface area contributed by atoms with E-state index >= 15 is 0 Å². The number of alkyl carbamates (subject to hydrolysis) is 1. The average molecular weight is 732 g/mol. The third kappa shape index (κ3) is 6.09. The van der Waals surface area contributed by atoms with Crippen LogP contribution in [0.15, 0.2) is 42.5 Å². The minimum Gasteiger partial charge on any atom is -0.488 e. The Morgan fingerprint density at radius 1 is 1.00 bits per heavy atom. The summed E-state index contributed by atoms with van der Waals surface area (Å²) >= 11 is 0. The molecule has 4 aliphatic rings. The van der Waals surface area contributed by atoms with Crippen LogP contribution in [0.2, 0.25) is 0 Å². The topological polar surface area (TPSA) is 146 Å². The molecule has 54 heavy (non-hydrogen) atoms. The third-order valence-corrected chi connectivity index (χ3v) is 12.0. The van der Waals surface area contributed by atoms with E-state index < -0.39 is 12.1 Å². The molecule has 4 N–H and O–H groups in total. The fourth-order valence-electron chi connectivity index (χ4n) is 8.93. The van der Waals surface area contributed by atoms with Crippen molar-refractivity contribution < 1.29 is 23.8 Å². The van der Waals surface area contributed by atoms with Crippen molar-refractivity contribution in [3.8, 4) is 28.1 Å². The first-order valence-electron chi connectivity index (χ1n) is 19.4. The Balaban J connectivity index is 1.01. The van der Waals surface area contributed by atoms with Crippen molar-refractivity contribution in [2.75, 3.05) is 27.4 Å². The van der Waals surface area contributed by atoms with E-state index in [2.05, 4.69) is 63.9 Å². The summed E-state index contributed by atoms with van der Waals surface area (Å²) in [6, 6.07) is 14.5. The number of nitrogens with one attached hydrogen (secondary N) is 4. The number of carbonyl (C=O) groups is 2. The average Bonchev–Trinajstić information content (AvgIpc) is 3.50. The van der Waals surface area contributed by atoms with Gasteiger partial charge in [0.25, 0.3) is 0 Å². The molecule has 9 rings (SSSR count). The van der Waals surface area contributed by atoms with Gasteiger partial charge in [-0.15, -0.1) is 0 Å². The number of hydrogen-bond acceptors (Lipinski definition) is 8. The normalized spacial score (nSPS) is 22.7. The maximum absolute atomic E-state index is 13.9. The number of hydrogen-bond donors (Lipinski definition) is 4. The van der Waals surface area contributed by atoms with Crippen LogP contribution in [-0.2, 0) is 20.9 Å². The quantitative estimate of drug-likeness (QED) is 0.124. The van der Waals surface area contributed by atoms with Crippen LogP contribution in [0, 0.1) is 11.8 Å². The van der Waals surface area contributed by atoms with Gasteiger partial charge in [0.1, 0.15) is 30.0 Å². The fraction of sp³-hybridized carbons (Fsp3) is 0.476. The first-order valence-corrected chi connectivity index (χ1v) is 19.4. The summed E-state index contributed by atoms with van der Waals surface area (Å²) in [6.45, 7) is 8.09. The van der Waals surface area contributed by atoms with Gasteiger partial charge in [-0.25, -0.2) is 14.8 Å². The summed E-state index contributed by atoms with van der Waals surface area (Å²) in [6.07, 6.45) is 4.40. The molecule has 2 aromatic heterocycles. The molecule has 2 saturated heterocycles. The largest absolute Gasteiger partial charge is 0.488 e. The summed E-state index contributed by atoms with van der Waals surface area (Å²) in [4.78, 5) is 45.5. The number of rotatable bonds is 9. The van der Waals surface area contributed by atoms with Gasteiger partial charge in [0, 0.05) is 42.1 Å². The summed E-state index contributed by atoms with van der Waals surface area (Å²) in [7, 11) is 3.08. The predicted molar refractivity (Wildman–Crippen MR) is 206 cm³/mol.